The Morgan fingerprint density at radius 2 is 1.62 bits per heavy atom. The van der Waals surface area contributed by atoms with Crippen LogP contribution in [-0.4, -0.2) is 30.2 Å². The van der Waals surface area contributed by atoms with Crippen LogP contribution in [0.2, 0.25) is 0 Å². The van der Waals surface area contributed by atoms with E-state index in [1.807, 2.05) is 62.4 Å². The normalized spacial score (nSPS) is 11.4. The molecule has 0 saturated heterocycles. The van der Waals surface area contributed by atoms with Crippen molar-refractivity contribution < 1.29 is 18.6 Å². The zero-order valence-electron chi connectivity index (χ0n) is 18.6. The van der Waals surface area contributed by atoms with Gasteiger partial charge in [0.1, 0.15) is 11.4 Å². The summed E-state index contributed by atoms with van der Waals surface area (Å²) in [4.78, 5) is 5.39. The van der Waals surface area contributed by atoms with Crippen LogP contribution in [0.3, 0.4) is 0 Å². The van der Waals surface area contributed by atoms with Gasteiger partial charge in [-0.1, -0.05) is 57.9 Å². The molecule has 0 amide bonds. The molecule has 34 heavy (non-hydrogen) atoms. The fourth-order valence-electron chi connectivity index (χ4n) is 3.84. The highest BCUT2D eigenvalue weighted by Crippen LogP contribution is 2.48. The quantitative estimate of drug-likeness (QED) is 0.302. The molecule has 6 nitrogen and oxygen atoms in total. The van der Waals surface area contributed by atoms with Crippen molar-refractivity contribution in [2.24, 2.45) is 0 Å². The Balaban J connectivity index is 2.05. The molecule has 0 fully saturated rings. The zero-order chi connectivity index (χ0) is 24.5. The standard InChI is InChI=1S/C26H23BrN2O4S/c1-3-29(20-10-5-4-6-11-20)23-22(18-9-7-8-17(2)16-18)28-26(31)25(24(23)30)34(32,33)21-14-12-19(27)13-15-21/h4-16H,3H2,1-2H3,(H2,28,30,31). The second kappa shape index (κ2) is 9.48. The first-order chi connectivity index (χ1) is 16.2. The van der Waals surface area contributed by atoms with Gasteiger partial charge in [-0.15, -0.1) is 0 Å². The number of halogens is 1. The minimum atomic E-state index is -4.28. The number of rotatable bonds is 6. The van der Waals surface area contributed by atoms with Crippen LogP contribution in [0.4, 0.5) is 11.4 Å². The van der Waals surface area contributed by atoms with Crippen molar-refractivity contribution in [1.82, 2.24) is 4.98 Å². The molecule has 4 rings (SSSR count). The number of sulfone groups is 1. The van der Waals surface area contributed by atoms with Gasteiger partial charge in [-0.25, -0.2) is 13.4 Å². The molecule has 1 aromatic heterocycles. The Labute approximate surface area is 207 Å². The van der Waals surface area contributed by atoms with Gasteiger partial charge < -0.3 is 15.1 Å². The second-order valence-corrected chi connectivity index (χ2v) is 10.5. The number of para-hydroxylation sites is 1. The number of hydrogen-bond acceptors (Lipinski definition) is 6. The van der Waals surface area contributed by atoms with E-state index in [9.17, 15) is 18.6 Å². The number of nitrogens with zero attached hydrogens (tertiary/aromatic N) is 2. The van der Waals surface area contributed by atoms with Crippen molar-refractivity contribution in [2.45, 2.75) is 23.6 Å². The van der Waals surface area contributed by atoms with Crippen LogP contribution in [0.15, 0.2) is 93.1 Å². The lowest BCUT2D eigenvalue weighted by Gasteiger charge is -2.27. The third-order valence-corrected chi connectivity index (χ3v) is 7.76. The van der Waals surface area contributed by atoms with Gasteiger partial charge in [0.15, 0.2) is 10.6 Å². The average Bonchev–Trinajstić information content (AvgIpc) is 2.81. The number of hydrogen-bond donors (Lipinski definition) is 2. The minimum absolute atomic E-state index is 0.0693. The van der Waals surface area contributed by atoms with E-state index in [0.717, 1.165) is 11.3 Å². The van der Waals surface area contributed by atoms with Crippen molar-refractivity contribution in [2.75, 3.05) is 11.4 Å². The number of anilines is 2. The number of aromatic nitrogens is 1. The first-order valence-corrected chi connectivity index (χ1v) is 12.9. The lowest BCUT2D eigenvalue weighted by molar-refractivity contribution is 0.409. The highest BCUT2D eigenvalue weighted by atomic mass is 79.9. The van der Waals surface area contributed by atoms with Crippen LogP contribution < -0.4 is 4.90 Å². The van der Waals surface area contributed by atoms with Crippen LogP contribution >= 0.6 is 15.9 Å². The summed E-state index contributed by atoms with van der Waals surface area (Å²) in [5.74, 6) is -1.32. The molecular formula is C26H23BrN2O4S. The van der Waals surface area contributed by atoms with E-state index < -0.39 is 26.4 Å². The fourth-order valence-corrected chi connectivity index (χ4v) is 5.47. The number of aromatic hydroxyl groups is 2. The predicted octanol–water partition coefficient (Wildman–Crippen LogP) is 6.22. The maximum atomic E-state index is 13.5. The van der Waals surface area contributed by atoms with Gasteiger partial charge in [0.2, 0.25) is 15.7 Å². The van der Waals surface area contributed by atoms with Crippen molar-refractivity contribution in [1.29, 1.82) is 0 Å². The van der Waals surface area contributed by atoms with Crippen LogP contribution in [0, 0.1) is 6.92 Å². The van der Waals surface area contributed by atoms with Gasteiger partial charge >= 0.3 is 0 Å². The van der Waals surface area contributed by atoms with Gasteiger partial charge in [-0.05, 0) is 56.3 Å². The van der Waals surface area contributed by atoms with E-state index in [1.165, 1.54) is 12.1 Å². The molecule has 0 atom stereocenters. The molecule has 0 aliphatic heterocycles. The summed E-state index contributed by atoms with van der Waals surface area (Å²) in [6, 6.07) is 22.7. The van der Waals surface area contributed by atoms with E-state index in [-0.39, 0.29) is 16.3 Å². The highest BCUT2D eigenvalue weighted by Gasteiger charge is 2.33. The van der Waals surface area contributed by atoms with Gasteiger partial charge in [-0.2, -0.15) is 0 Å². The molecule has 0 spiro atoms. The maximum absolute atomic E-state index is 13.5. The molecule has 8 heteroatoms. The van der Waals surface area contributed by atoms with E-state index in [0.29, 0.717) is 16.6 Å². The van der Waals surface area contributed by atoms with Crippen LogP contribution in [0.1, 0.15) is 12.5 Å². The second-order valence-electron chi connectivity index (χ2n) is 7.72. The van der Waals surface area contributed by atoms with Crippen molar-refractivity contribution in [3.63, 3.8) is 0 Å². The summed E-state index contributed by atoms with van der Waals surface area (Å²) in [7, 11) is -4.28. The Morgan fingerprint density at radius 3 is 2.24 bits per heavy atom. The van der Waals surface area contributed by atoms with Gasteiger partial charge in [0.25, 0.3) is 0 Å². The summed E-state index contributed by atoms with van der Waals surface area (Å²) < 4.78 is 27.7. The Bertz CT molecular complexity index is 1440. The van der Waals surface area contributed by atoms with Crippen LogP contribution in [0.25, 0.3) is 11.3 Å². The molecule has 0 unspecified atom stereocenters. The summed E-state index contributed by atoms with van der Waals surface area (Å²) in [6.07, 6.45) is 0. The third kappa shape index (κ3) is 4.38. The van der Waals surface area contributed by atoms with Gasteiger partial charge in [0, 0.05) is 22.3 Å². The van der Waals surface area contributed by atoms with Gasteiger partial charge in [-0.3, -0.25) is 0 Å². The minimum Gasteiger partial charge on any atom is -0.504 e. The first kappa shape index (κ1) is 23.8. The molecule has 2 N–H and O–H groups in total. The topological polar surface area (TPSA) is 90.7 Å². The summed E-state index contributed by atoms with van der Waals surface area (Å²) in [6.45, 7) is 4.23. The lowest BCUT2D eigenvalue weighted by atomic mass is 10.0. The molecule has 0 bridgehead atoms. The highest BCUT2D eigenvalue weighted by molar-refractivity contribution is 9.10. The predicted molar refractivity (Wildman–Crippen MR) is 136 cm³/mol. The summed E-state index contributed by atoms with van der Waals surface area (Å²) in [5.41, 5.74) is 2.82. The van der Waals surface area contributed by atoms with E-state index >= 15 is 0 Å². The number of pyridine rings is 1. The van der Waals surface area contributed by atoms with Crippen molar-refractivity contribution in [3.8, 4) is 22.9 Å². The number of benzene rings is 3. The van der Waals surface area contributed by atoms with Gasteiger partial charge in [0.05, 0.1) is 4.90 Å². The van der Waals surface area contributed by atoms with E-state index in [2.05, 4.69) is 20.9 Å². The molecule has 0 aliphatic rings. The molecule has 1 heterocycles. The average molecular weight is 539 g/mol. The maximum Gasteiger partial charge on any atom is 0.235 e. The van der Waals surface area contributed by atoms with Crippen molar-refractivity contribution in [3.05, 3.63) is 88.9 Å². The summed E-state index contributed by atoms with van der Waals surface area (Å²) in [5, 5.41) is 22.3. The Hall–Kier alpha value is -3.36. The monoisotopic (exact) mass is 538 g/mol. The van der Waals surface area contributed by atoms with Crippen LogP contribution in [0.5, 0.6) is 11.6 Å². The summed E-state index contributed by atoms with van der Waals surface area (Å²) >= 11 is 3.29. The zero-order valence-corrected chi connectivity index (χ0v) is 21.0. The smallest absolute Gasteiger partial charge is 0.235 e. The SMILES string of the molecule is CCN(c1ccccc1)c1c(-c2cccc(C)c2)nc(O)c(S(=O)(=O)c2ccc(Br)cc2)c1O. The van der Waals surface area contributed by atoms with Crippen LogP contribution in [-0.2, 0) is 9.84 Å². The molecule has 3 aromatic carbocycles. The number of aryl methyl sites for hydroxylation is 1. The first-order valence-electron chi connectivity index (χ1n) is 10.6. The lowest BCUT2D eigenvalue weighted by Crippen LogP contribution is -2.19. The molecular weight excluding hydrogens is 516 g/mol. The third-order valence-electron chi connectivity index (χ3n) is 5.42. The van der Waals surface area contributed by atoms with E-state index in [1.54, 1.807) is 23.1 Å². The molecule has 174 valence electrons. The fraction of sp³-hybridized carbons (Fsp3) is 0.115. The largest absolute Gasteiger partial charge is 0.504 e. The Kier molecular flexibility index (Phi) is 6.63. The molecule has 0 aliphatic carbocycles. The Morgan fingerprint density at radius 1 is 0.941 bits per heavy atom. The molecule has 0 radical (unpaired) electrons. The molecule has 0 saturated carbocycles. The van der Waals surface area contributed by atoms with E-state index in [4.69, 9.17) is 0 Å². The molecule has 4 aromatic rings. The van der Waals surface area contributed by atoms with Crippen molar-refractivity contribution >= 4 is 37.1 Å².